The minimum Gasteiger partial charge on any atom is -0.497 e. The fourth-order valence-electron chi connectivity index (χ4n) is 2.75. The zero-order chi connectivity index (χ0) is 19.3. The normalized spacial score (nSPS) is 10.5. The van der Waals surface area contributed by atoms with Gasteiger partial charge in [0, 0.05) is 17.3 Å². The number of aromatic nitrogens is 2. The van der Waals surface area contributed by atoms with Crippen LogP contribution in [-0.2, 0) is 0 Å². The van der Waals surface area contributed by atoms with Crippen molar-refractivity contribution >= 4 is 22.9 Å². The van der Waals surface area contributed by atoms with Crippen LogP contribution >= 0.6 is 11.3 Å². The zero-order valence-electron chi connectivity index (χ0n) is 15.1. The third-order valence-electron chi connectivity index (χ3n) is 4.14. The third-order valence-corrected chi connectivity index (χ3v) is 5.24. The van der Waals surface area contributed by atoms with Crippen LogP contribution < -0.4 is 10.1 Å². The highest BCUT2D eigenvalue weighted by Gasteiger charge is 2.20. The maximum absolute atomic E-state index is 13.0. The molecule has 0 bridgehead atoms. The van der Waals surface area contributed by atoms with Gasteiger partial charge in [-0.2, -0.15) is 0 Å². The number of methoxy groups -OCH3 is 1. The van der Waals surface area contributed by atoms with Crippen LogP contribution in [0.2, 0.25) is 0 Å². The number of ether oxygens (including phenoxy) is 1. The molecule has 0 saturated carbocycles. The summed E-state index contributed by atoms with van der Waals surface area (Å²) in [6, 6.07) is 20.9. The number of hydrogen-bond donors (Lipinski definition) is 1. The molecule has 0 atom stereocenters. The highest BCUT2D eigenvalue weighted by atomic mass is 32.1. The Kier molecular flexibility index (Phi) is 5.12. The lowest BCUT2D eigenvalue weighted by molar-refractivity contribution is 0.103. The number of amides is 1. The lowest BCUT2D eigenvalue weighted by atomic mass is 10.1. The van der Waals surface area contributed by atoms with Crippen LogP contribution in [0.15, 0.2) is 79.1 Å². The van der Waals surface area contributed by atoms with Gasteiger partial charge in [-0.15, -0.1) is 11.3 Å². The van der Waals surface area contributed by atoms with E-state index in [0.29, 0.717) is 16.3 Å². The molecule has 0 aliphatic rings. The Balaban J connectivity index is 1.74. The van der Waals surface area contributed by atoms with Crippen molar-refractivity contribution < 1.29 is 9.53 Å². The monoisotopic (exact) mass is 387 g/mol. The largest absolute Gasteiger partial charge is 0.497 e. The molecule has 2 aromatic heterocycles. The van der Waals surface area contributed by atoms with E-state index >= 15 is 0 Å². The van der Waals surface area contributed by atoms with Crippen molar-refractivity contribution in [3.63, 3.8) is 0 Å². The van der Waals surface area contributed by atoms with E-state index < -0.39 is 0 Å². The Morgan fingerprint density at radius 2 is 1.75 bits per heavy atom. The standard InChI is InChI=1S/C22H17N3O2S/c1-27-18-11-9-16(10-12-18)22-25-19(15-6-3-2-4-7-15)20(28-22)21(26)24-17-8-5-13-23-14-17/h2-14H,1H3,(H,24,26). The maximum Gasteiger partial charge on any atom is 0.268 e. The van der Waals surface area contributed by atoms with E-state index in [1.165, 1.54) is 11.3 Å². The minimum atomic E-state index is -0.205. The molecule has 0 aliphatic carbocycles. The summed E-state index contributed by atoms with van der Waals surface area (Å²) in [6.07, 6.45) is 3.28. The first-order valence-corrected chi connectivity index (χ1v) is 9.48. The summed E-state index contributed by atoms with van der Waals surface area (Å²) in [5.41, 5.74) is 3.14. The molecule has 0 radical (unpaired) electrons. The van der Waals surface area contributed by atoms with Crippen LogP contribution in [0.1, 0.15) is 9.67 Å². The van der Waals surface area contributed by atoms with Crippen molar-refractivity contribution in [1.82, 2.24) is 9.97 Å². The second kappa shape index (κ2) is 8.02. The molecule has 0 unspecified atom stereocenters. The fourth-order valence-corrected chi connectivity index (χ4v) is 3.74. The Bertz CT molecular complexity index is 1080. The summed E-state index contributed by atoms with van der Waals surface area (Å²) < 4.78 is 5.22. The van der Waals surface area contributed by atoms with E-state index in [-0.39, 0.29) is 5.91 Å². The highest BCUT2D eigenvalue weighted by molar-refractivity contribution is 7.17. The summed E-state index contributed by atoms with van der Waals surface area (Å²) >= 11 is 1.36. The molecule has 0 spiro atoms. The molecule has 6 heteroatoms. The molecule has 4 aromatic rings. The van der Waals surface area contributed by atoms with Gasteiger partial charge in [0.25, 0.3) is 5.91 Å². The summed E-state index contributed by atoms with van der Waals surface area (Å²) in [5, 5.41) is 3.68. The Morgan fingerprint density at radius 1 is 0.964 bits per heavy atom. The van der Waals surface area contributed by atoms with Gasteiger partial charge in [-0.25, -0.2) is 4.98 Å². The van der Waals surface area contributed by atoms with Crippen LogP contribution in [0.5, 0.6) is 5.75 Å². The molecule has 0 fully saturated rings. The molecular weight excluding hydrogens is 370 g/mol. The SMILES string of the molecule is COc1ccc(-c2nc(-c3ccccc3)c(C(=O)Nc3cccnc3)s2)cc1. The molecule has 138 valence electrons. The van der Waals surface area contributed by atoms with Gasteiger partial charge in [0.15, 0.2) is 0 Å². The smallest absolute Gasteiger partial charge is 0.268 e. The fraction of sp³-hybridized carbons (Fsp3) is 0.0455. The first-order valence-electron chi connectivity index (χ1n) is 8.66. The second-order valence-electron chi connectivity index (χ2n) is 5.99. The highest BCUT2D eigenvalue weighted by Crippen LogP contribution is 2.35. The quantitative estimate of drug-likeness (QED) is 0.515. The molecular formula is C22H17N3O2S. The average Bonchev–Trinajstić information content (AvgIpc) is 3.21. The summed E-state index contributed by atoms with van der Waals surface area (Å²) in [7, 11) is 1.63. The van der Waals surface area contributed by atoms with Crippen molar-refractivity contribution in [2.24, 2.45) is 0 Å². The van der Waals surface area contributed by atoms with E-state index in [2.05, 4.69) is 10.3 Å². The number of anilines is 1. The van der Waals surface area contributed by atoms with E-state index in [4.69, 9.17) is 9.72 Å². The lowest BCUT2D eigenvalue weighted by Crippen LogP contribution is -2.11. The zero-order valence-corrected chi connectivity index (χ0v) is 15.9. The van der Waals surface area contributed by atoms with Crippen molar-refractivity contribution in [1.29, 1.82) is 0 Å². The first-order chi connectivity index (χ1) is 13.7. The number of carbonyl (C=O) groups excluding carboxylic acids is 1. The summed E-state index contributed by atoms with van der Waals surface area (Å²) in [6.45, 7) is 0. The molecule has 1 amide bonds. The van der Waals surface area contributed by atoms with Crippen molar-refractivity contribution in [3.05, 3.63) is 84.0 Å². The molecule has 4 rings (SSSR count). The minimum absolute atomic E-state index is 0.205. The Morgan fingerprint density at radius 3 is 2.43 bits per heavy atom. The van der Waals surface area contributed by atoms with Gasteiger partial charge in [0.1, 0.15) is 15.6 Å². The third kappa shape index (κ3) is 3.77. The number of hydrogen-bond acceptors (Lipinski definition) is 5. The van der Waals surface area contributed by atoms with E-state index in [1.807, 2.05) is 54.6 Å². The van der Waals surface area contributed by atoms with Crippen molar-refractivity contribution in [2.45, 2.75) is 0 Å². The molecule has 0 aliphatic heterocycles. The number of pyridine rings is 1. The summed E-state index contributed by atoms with van der Waals surface area (Å²) in [4.78, 5) is 22.3. The van der Waals surface area contributed by atoms with E-state index in [9.17, 15) is 4.79 Å². The van der Waals surface area contributed by atoms with E-state index in [0.717, 1.165) is 21.9 Å². The Hall–Kier alpha value is -3.51. The maximum atomic E-state index is 13.0. The van der Waals surface area contributed by atoms with Crippen LogP contribution in [-0.4, -0.2) is 23.0 Å². The number of rotatable bonds is 5. The number of nitrogens with one attached hydrogen (secondary N) is 1. The van der Waals surface area contributed by atoms with Crippen LogP contribution in [0.3, 0.4) is 0 Å². The molecule has 2 aromatic carbocycles. The topological polar surface area (TPSA) is 64.1 Å². The van der Waals surface area contributed by atoms with E-state index in [1.54, 1.807) is 31.6 Å². The molecule has 28 heavy (non-hydrogen) atoms. The number of nitrogens with zero attached hydrogens (tertiary/aromatic N) is 2. The number of thiazole rings is 1. The van der Waals surface area contributed by atoms with Crippen LogP contribution in [0, 0.1) is 0 Å². The predicted molar refractivity (Wildman–Crippen MR) is 112 cm³/mol. The van der Waals surface area contributed by atoms with Gasteiger partial charge in [0.2, 0.25) is 0 Å². The molecule has 5 nitrogen and oxygen atoms in total. The first kappa shape index (κ1) is 17.9. The van der Waals surface area contributed by atoms with Gasteiger partial charge in [-0.3, -0.25) is 9.78 Å². The second-order valence-corrected chi connectivity index (χ2v) is 6.99. The van der Waals surface area contributed by atoms with Gasteiger partial charge in [-0.05, 0) is 36.4 Å². The Labute approximate surface area is 166 Å². The van der Waals surface area contributed by atoms with Gasteiger partial charge in [-0.1, -0.05) is 30.3 Å². The van der Waals surface area contributed by atoms with Gasteiger partial charge >= 0.3 is 0 Å². The lowest BCUT2D eigenvalue weighted by Gasteiger charge is -2.04. The number of benzene rings is 2. The van der Waals surface area contributed by atoms with Crippen molar-refractivity contribution in [3.8, 4) is 27.6 Å². The van der Waals surface area contributed by atoms with Crippen LogP contribution in [0.25, 0.3) is 21.8 Å². The molecule has 0 saturated heterocycles. The molecule has 1 N–H and O–H groups in total. The predicted octanol–water partition coefficient (Wildman–Crippen LogP) is 5.13. The average molecular weight is 387 g/mol. The van der Waals surface area contributed by atoms with Gasteiger partial charge < -0.3 is 10.1 Å². The van der Waals surface area contributed by atoms with Crippen molar-refractivity contribution in [2.75, 3.05) is 12.4 Å². The summed E-state index contributed by atoms with van der Waals surface area (Å²) in [5.74, 6) is 0.572. The van der Waals surface area contributed by atoms with Gasteiger partial charge in [0.05, 0.1) is 24.7 Å². The molecule has 2 heterocycles. The van der Waals surface area contributed by atoms with Crippen LogP contribution in [0.4, 0.5) is 5.69 Å². The number of carbonyl (C=O) groups is 1.